The fourth-order valence-electron chi connectivity index (χ4n) is 1.41. The van der Waals surface area contributed by atoms with E-state index in [-0.39, 0.29) is 5.75 Å². The van der Waals surface area contributed by atoms with Crippen molar-refractivity contribution in [1.82, 2.24) is 5.32 Å². The SMILES string of the molecule is C=CCCC(CC)NCCCS(C)(=O)=O. The molecule has 0 saturated carbocycles. The molecule has 0 fully saturated rings. The summed E-state index contributed by atoms with van der Waals surface area (Å²) in [6, 6.07) is 0.488. The second-order valence-corrected chi connectivity index (χ2v) is 6.17. The lowest BCUT2D eigenvalue weighted by molar-refractivity contribution is 0.471. The summed E-state index contributed by atoms with van der Waals surface area (Å²) in [4.78, 5) is 0. The largest absolute Gasteiger partial charge is 0.314 e. The van der Waals surface area contributed by atoms with E-state index in [1.54, 1.807) is 0 Å². The first-order valence-electron chi connectivity index (χ1n) is 5.51. The predicted molar refractivity (Wildman–Crippen MR) is 65.8 cm³/mol. The highest BCUT2D eigenvalue weighted by Crippen LogP contribution is 2.02. The van der Waals surface area contributed by atoms with Crippen LogP contribution < -0.4 is 5.32 Å². The zero-order valence-electron chi connectivity index (χ0n) is 9.83. The summed E-state index contributed by atoms with van der Waals surface area (Å²) in [5.41, 5.74) is 0. The molecule has 0 bridgehead atoms. The van der Waals surface area contributed by atoms with Gasteiger partial charge < -0.3 is 5.32 Å². The molecule has 0 aromatic rings. The van der Waals surface area contributed by atoms with E-state index < -0.39 is 9.84 Å². The minimum absolute atomic E-state index is 0.276. The minimum Gasteiger partial charge on any atom is -0.314 e. The molecule has 1 unspecified atom stereocenters. The van der Waals surface area contributed by atoms with Gasteiger partial charge in [0.15, 0.2) is 0 Å². The summed E-state index contributed by atoms with van der Waals surface area (Å²) in [5, 5.41) is 3.36. The topological polar surface area (TPSA) is 46.2 Å². The lowest BCUT2D eigenvalue weighted by atomic mass is 10.1. The van der Waals surface area contributed by atoms with Gasteiger partial charge in [-0.05, 0) is 32.2 Å². The van der Waals surface area contributed by atoms with Crippen LogP contribution in [0.25, 0.3) is 0 Å². The highest BCUT2D eigenvalue weighted by molar-refractivity contribution is 7.90. The number of hydrogen-bond acceptors (Lipinski definition) is 3. The van der Waals surface area contributed by atoms with Gasteiger partial charge in [0.2, 0.25) is 0 Å². The standard InChI is InChI=1S/C11H23NO2S/c1-4-6-8-11(5-2)12-9-7-10-15(3,13)14/h4,11-12H,1,5-10H2,2-3H3. The van der Waals surface area contributed by atoms with E-state index >= 15 is 0 Å². The Bertz CT molecular complexity index is 260. The van der Waals surface area contributed by atoms with E-state index in [0.717, 1.165) is 25.8 Å². The van der Waals surface area contributed by atoms with Crippen LogP contribution in [0.15, 0.2) is 12.7 Å². The lowest BCUT2D eigenvalue weighted by Crippen LogP contribution is -2.30. The van der Waals surface area contributed by atoms with Crippen LogP contribution in [0.2, 0.25) is 0 Å². The Kier molecular flexibility index (Phi) is 7.70. The van der Waals surface area contributed by atoms with Gasteiger partial charge in [-0.2, -0.15) is 0 Å². The lowest BCUT2D eigenvalue weighted by Gasteiger charge is -2.15. The van der Waals surface area contributed by atoms with Crippen LogP contribution >= 0.6 is 0 Å². The normalized spacial score (nSPS) is 13.7. The van der Waals surface area contributed by atoms with Crippen LogP contribution in [0, 0.1) is 0 Å². The summed E-state index contributed by atoms with van der Waals surface area (Å²) in [6.07, 6.45) is 7.06. The quantitative estimate of drug-likeness (QED) is 0.487. The fourth-order valence-corrected chi connectivity index (χ4v) is 2.08. The first kappa shape index (κ1) is 14.6. The fraction of sp³-hybridized carbons (Fsp3) is 0.818. The zero-order chi connectivity index (χ0) is 11.7. The van der Waals surface area contributed by atoms with Gasteiger partial charge in [0.25, 0.3) is 0 Å². The molecule has 3 nitrogen and oxygen atoms in total. The summed E-state index contributed by atoms with van der Waals surface area (Å²) < 4.78 is 21.8. The second kappa shape index (κ2) is 7.88. The van der Waals surface area contributed by atoms with Crippen molar-refractivity contribution in [3.63, 3.8) is 0 Å². The molecular weight excluding hydrogens is 210 g/mol. The number of hydrogen-bond donors (Lipinski definition) is 1. The van der Waals surface area contributed by atoms with Crippen molar-refractivity contribution in [1.29, 1.82) is 0 Å². The van der Waals surface area contributed by atoms with Crippen molar-refractivity contribution in [3.05, 3.63) is 12.7 Å². The Morgan fingerprint density at radius 3 is 2.60 bits per heavy atom. The number of nitrogens with one attached hydrogen (secondary N) is 1. The molecule has 4 heteroatoms. The molecule has 0 rings (SSSR count). The maximum absolute atomic E-state index is 10.9. The Labute approximate surface area is 93.9 Å². The smallest absolute Gasteiger partial charge is 0.147 e. The van der Waals surface area contributed by atoms with Crippen molar-refractivity contribution in [2.45, 2.75) is 38.6 Å². The van der Waals surface area contributed by atoms with E-state index in [1.165, 1.54) is 6.26 Å². The predicted octanol–water partition coefficient (Wildman–Crippen LogP) is 1.76. The second-order valence-electron chi connectivity index (χ2n) is 3.91. The Morgan fingerprint density at radius 1 is 1.47 bits per heavy atom. The molecule has 0 radical (unpaired) electrons. The van der Waals surface area contributed by atoms with Crippen LogP contribution in [0.4, 0.5) is 0 Å². The maximum Gasteiger partial charge on any atom is 0.147 e. The molecule has 0 heterocycles. The third kappa shape index (κ3) is 9.94. The van der Waals surface area contributed by atoms with Gasteiger partial charge >= 0.3 is 0 Å². The van der Waals surface area contributed by atoms with Gasteiger partial charge in [-0.15, -0.1) is 6.58 Å². The van der Waals surface area contributed by atoms with E-state index in [9.17, 15) is 8.42 Å². The van der Waals surface area contributed by atoms with Gasteiger partial charge in [-0.3, -0.25) is 0 Å². The average Bonchev–Trinajstić information content (AvgIpc) is 2.15. The molecule has 0 aliphatic heterocycles. The van der Waals surface area contributed by atoms with Crippen molar-refractivity contribution in [2.24, 2.45) is 0 Å². The summed E-state index contributed by atoms with van der Waals surface area (Å²) >= 11 is 0. The number of sulfone groups is 1. The van der Waals surface area contributed by atoms with Crippen LogP contribution in [-0.4, -0.2) is 33.0 Å². The molecule has 0 amide bonds. The Hall–Kier alpha value is -0.350. The zero-order valence-corrected chi connectivity index (χ0v) is 10.6. The highest BCUT2D eigenvalue weighted by atomic mass is 32.2. The molecule has 0 aliphatic carbocycles. The van der Waals surface area contributed by atoms with E-state index in [4.69, 9.17) is 0 Å². The van der Waals surface area contributed by atoms with E-state index in [0.29, 0.717) is 12.5 Å². The van der Waals surface area contributed by atoms with Gasteiger partial charge in [0, 0.05) is 12.3 Å². The molecule has 0 aromatic heterocycles. The number of rotatable bonds is 9. The molecule has 1 N–H and O–H groups in total. The van der Waals surface area contributed by atoms with Crippen molar-refractivity contribution in [3.8, 4) is 0 Å². The first-order chi connectivity index (χ1) is 6.99. The third-order valence-corrected chi connectivity index (χ3v) is 3.37. The van der Waals surface area contributed by atoms with Gasteiger partial charge in [0.1, 0.15) is 9.84 Å². The van der Waals surface area contributed by atoms with Crippen LogP contribution in [0.3, 0.4) is 0 Å². The molecule has 0 aromatic carbocycles. The molecule has 1 atom stereocenters. The summed E-state index contributed by atoms with van der Waals surface area (Å²) in [5.74, 6) is 0.276. The average molecular weight is 233 g/mol. The Morgan fingerprint density at radius 2 is 2.13 bits per heavy atom. The van der Waals surface area contributed by atoms with Crippen LogP contribution in [0.5, 0.6) is 0 Å². The van der Waals surface area contributed by atoms with E-state index in [2.05, 4.69) is 18.8 Å². The van der Waals surface area contributed by atoms with Crippen molar-refractivity contribution in [2.75, 3.05) is 18.6 Å². The van der Waals surface area contributed by atoms with Gasteiger partial charge in [-0.25, -0.2) is 8.42 Å². The monoisotopic (exact) mass is 233 g/mol. The number of allylic oxidation sites excluding steroid dienone is 1. The molecule has 0 aliphatic rings. The van der Waals surface area contributed by atoms with Crippen LogP contribution in [-0.2, 0) is 9.84 Å². The van der Waals surface area contributed by atoms with Crippen molar-refractivity contribution < 1.29 is 8.42 Å². The van der Waals surface area contributed by atoms with Gasteiger partial charge in [0.05, 0.1) is 5.75 Å². The van der Waals surface area contributed by atoms with Crippen LogP contribution in [0.1, 0.15) is 32.6 Å². The first-order valence-corrected chi connectivity index (χ1v) is 7.57. The summed E-state index contributed by atoms with van der Waals surface area (Å²) in [6.45, 7) is 6.61. The van der Waals surface area contributed by atoms with E-state index in [1.807, 2.05) is 6.08 Å². The molecule has 90 valence electrons. The minimum atomic E-state index is -2.80. The maximum atomic E-state index is 10.9. The van der Waals surface area contributed by atoms with Gasteiger partial charge in [-0.1, -0.05) is 13.0 Å². The van der Waals surface area contributed by atoms with Crippen molar-refractivity contribution >= 4 is 9.84 Å². The molecule has 0 saturated heterocycles. The molecule has 15 heavy (non-hydrogen) atoms. The summed E-state index contributed by atoms with van der Waals surface area (Å²) in [7, 11) is -2.80. The third-order valence-electron chi connectivity index (χ3n) is 2.34. The Balaban J connectivity index is 3.58. The highest BCUT2D eigenvalue weighted by Gasteiger charge is 2.05. The molecular formula is C11H23NO2S. The molecule has 0 spiro atoms.